The van der Waals surface area contributed by atoms with Crippen molar-refractivity contribution in [1.29, 1.82) is 0 Å². The Morgan fingerprint density at radius 3 is 1.87 bits per heavy atom. The second-order valence-electron chi connectivity index (χ2n) is 18.6. The molecule has 0 saturated heterocycles. The normalized spacial score (nSPS) is 19.0. The number of hydrogen-bond acceptors (Lipinski definition) is 3. The van der Waals surface area contributed by atoms with Crippen molar-refractivity contribution in [2.24, 2.45) is 0 Å². The monoisotopic (exact) mass is 734 g/mol. The van der Waals surface area contributed by atoms with Crippen molar-refractivity contribution in [3.05, 3.63) is 93.9 Å². The first-order valence-corrected chi connectivity index (χ1v) is 21.8. The van der Waals surface area contributed by atoms with E-state index in [1.807, 2.05) is 12.2 Å². The molecule has 0 amide bonds. The van der Waals surface area contributed by atoms with Crippen molar-refractivity contribution in [3.8, 4) is 0 Å². The molecule has 4 heteroatoms. The lowest BCUT2D eigenvalue weighted by molar-refractivity contribution is -0.438. The maximum absolute atomic E-state index is 14.1. The number of Topliss-reactive ketones (excluding diaryl/α,β-unsaturated/α-hetero) is 1. The number of carbonyl (C=O) groups excluding carboxylic acids is 1. The Morgan fingerprint density at radius 1 is 0.704 bits per heavy atom. The number of fused-ring (bicyclic) bond motifs is 2. The summed E-state index contributed by atoms with van der Waals surface area (Å²) in [5, 5.41) is 11.7. The number of aliphatic hydroxyl groups excluding tert-OH is 1. The molecule has 0 aromatic heterocycles. The molecule has 2 aromatic carbocycles. The lowest BCUT2D eigenvalue weighted by Gasteiger charge is -2.29. The molecule has 294 valence electrons. The molecule has 3 aliphatic rings. The SMILES string of the molecule is CCCCCCCCCCCC[N+]1=C(C=C2C(=O)C(C=C3N(CCCCCCCC)c4ccc(C(C)(C)C)cc4C3(C)C)=C2O)C(C)(C)c2ccccc21. The van der Waals surface area contributed by atoms with Gasteiger partial charge in [0.2, 0.25) is 11.5 Å². The molecule has 4 nitrogen and oxygen atoms in total. The molecule has 0 fully saturated rings. The van der Waals surface area contributed by atoms with Crippen LogP contribution in [0.4, 0.5) is 11.4 Å². The Balaban J connectivity index is 1.40. The van der Waals surface area contributed by atoms with Crippen molar-refractivity contribution < 1.29 is 14.5 Å². The number of anilines is 1. The van der Waals surface area contributed by atoms with E-state index in [9.17, 15) is 9.90 Å². The van der Waals surface area contributed by atoms with E-state index in [1.165, 1.54) is 118 Å². The third-order valence-electron chi connectivity index (χ3n) is 12.6. The first kappa shape index (κ1) is 41.8. The third kappa shape index (κ3) is 9.00. The van der Waals surface area contributed by atoms with Crippen molar-refractivity contribution in [2.75, 3.05) is 18.0 Å². The predicted octanol–water partition coefficient (Wildman–Crippen LogP) is 13.6. The molecular formula is C50H73N2O2+. The highest BCUT2D eigenvalue weighted by Crippen LogP contribution is 2.50. The minimum atomic E-state index is -0.304. The van der Waals surface area contributed by atoms with Crippen LogP contribution < -0.4 is 4.90 Å². The zero-order chi connectivity index (χ0) is 39.1. The molecule has 0 radical (unpaired) electrons. The fourth-order valence-electron chi connectivity index (χ4n) is 8.98. The second-order valence-corrected chi connectivity index (χ2v) is 18.6. The van der Waals surface area contributed by atoms with Gasteiger partial charge in [0.1, 0.15) is 12.3 Å². The Kier molecular flexibility index (Phi) is 13.9. The highest BCUT2D eigenvalue weighted by Gasteiger charge is 2.47. The maximum Gasteiger partial charge on any atom is 0.209 e. The molecular weight excluding hydrogens is 661 g/mol. The van der Waals surface area contributed by atoms with Crippen LogP contribution in [0.5, 0.6) is 0 Å². The largest absolute Gasteiger partial charge is 0.506 e. The molecule has 0 spiro atoms. The number of aliphatic hydroxyl groups is 1. The summed E-state index contributed by atoms with van der Waals surface area (Å²) in [7, 11) is 0. The molecule has 54 heavy (non-hydrogen) atoms. The highest BCUT2D eigenvalue weighted by atomic mass is 16.3. The van der Waals surface area contributed by atoms with Gasteiger partial charge in [-0.3, -0.25) is 4.79 Å². The van der Waals surface area contributed by atoms with Crippen LogP contribution in [0.25, 0.3) is 0 Å². The quantitative estimate of drug-likeness (QED) is 0.0837. The summed E-state index contributed by atoms with van der Waals surface area (Å²) in [4.78, 5) is 16.6. The summed E-state index contributed by atoms with van der Waals surface area (Å²) in [6.45, 7) is 22.3. The van der Waals surface area contributed by atoms with E-state index in [-0.39, 0.29) is 27.8 Å². The summed E-state index contributed by atoms with van der Waals surface area (Å²) in [5.41, 5.74) is 8.93. The number of carbonyl (C=O) groups is 1. The highest BCUT2D eigenvalue weighted by molar-refractivity contribution is 6.24. The van der Waals surface area contributed by atoms with Gasteiger partial charge in [-0.05, 0) is 55.4 Å². The molecule has 5 rings (SSSR count). The Labute approximate surface area is 329 Å². The number of hydrogen-bond donors (Lipinski definition) is 1. The van der Waals surface area contributed by atoms with E-state index < -0.39 is 0 Å². The molecule has 2 aliphatic heterocycles. The summed E-state index contributed by atoms with van der Waals surface area (Å²) in [6.07, 6.45) is 24.5. The molecule has 2 heterocycles. The average Bonchev–Trinajstić information content (AvgIpc) is 3.48. The van der Waals surface area contributed by atoms with Gasteiger partial charge in [-0.25, -0.2) is 0 Å². The zero-order valence-corrected chi connectivity index (χ0v) is 35.7. The van der Waals surface area contributed by atoms with E-state index in [1.54, 1.807) is 0 Å². The predicted molar refractivity (Wildman–Crippen MR) is 231 cm³/mol. The van der Waals surface area contributed by atoms with Crippen molar-refractivity contribution in [3.63, 3.8) is 0 Å². The van der Waals surface area contributed by atoms with Gasteiger partial charge in [-0.2, -0.15) is 4.58 Å². The van der Waals surface area contributed by atoms with Crippen LogP contribution in [-0.2, 0) is 21.0 Å². The van der Waals surface area contributed by atoms with E-state index in [4.69, 9.17) is 0 Å². The van der Waals surface area contributed by atoms with Crippen LogP contribution in [0.15, 0.2) is 77.2 Å². The van der Waals surface area contributed by atoms with Gasteiger partial charge in [0.15, 0.2) is 5.71 Å². The molecule has 0 atom stereocenters. The first-order valence-electron chi connectivity index (χ1n) is 21.8. The lowest BCUT2D eigenvalue weighted by Crippen LogP contribution is -2.32. The summed E-state index contributed by atoms with van der Waals surface area (Å²) in [6, 6.07) is 15.6. The smallest absolute Gasteiger partial charge is 0.209 e. The standard InChI is InChI=1S/C50H72N2O2/c1-10-12-14-16-18-19-20-21-23-27-32-51-42-29-25-24-28-40(42)49(6,7)44(51)35-38-46(53)39(47(38)54)36-45-50(8,9)41-34-37(48(3,4)5)30-31-43(41)52(45)33-26-22-17-15-13-11-2/h24-25,28-31,34-36H,10-23,26-27,32-33H2,1-9H3/p+1. The van der Waals surface area contributed by atoms with Crippen LogP contribution in [-0.4, -0.2) is 34.3 Å². The molecule has 2 aromatic rings. The van der Waals surface area contributed by atoms with Crippen molar-refractivity contribution >= 4 is 22.9 Å². The number of nitrogens with zero attached hydrogens (tertiary/aromatic N) is 2. The van der Waals surface area contributed by atoms with Crippen LogP contribution in [0, 0.1) is 0 Å². The van der Waals surface area contributed by atoms with E-state index in [2.05, 4.69) is 114 Å². The van der Waals surface area contributed by atoms with Gasteiger partial charge in [-0.15, -0.1) is 0 Å². The molecule has 1 N–H and O–H groups in total. The fourth-order valence-corrected chi connectivity index (χ4v) is 8.98. The third-order valence-corrected chi connectivity index (χ3v) is 12.6. The van der Waals surface area contributed by atoms with Gasteiger partial charge >= 0.3 is 0 Å². The lowest BCUT2D eigenvalue weighted by atomic mass is 9.77. The van der Waals surface area contributed by atoms with E-state index >= 15 is 0 Å². The number of unbranched alkanes of at least 4 members (excludes halogenated alkanes) is 14. The molecule has 1 aliphatic carbocycles. The van der Waals surface area contributed by atoms with E-state index in [0.29, 0.717) is 11.1 Å². The van der Waals surface area contributed by atoms with E-state index in [0.717, 1.165) is 37.3 Å². The van der Waals surface area contributed by atoms with Gasteiger partial charge in [0.25, 0.3) is 0 Å². The molecule has 0 saturated carbocycles. The fraction of sp³-hybridized carbons (Fsp3) is 0.600. The molecule has 0 unspecified atom stereocenters. The zero-order valence-electron chi connectivity index (χ0n) is 35.7. The Bertz CT molecular complexity index is 1760. The van der Waals surface area contributed by atoms with Crippen molar-refractivity contribution in [2.45, 2.75) is 181 Å². The van der Waals surface area contributed by atoms with Gasteiger partial charge in [-0.1, -0.05) is 162 Å². The van der Waals surface area contributed by atoms with Crippen LogP contribution >= 0.6 is 0 Å². The number of ketones is 1. The first-order chi connectivity index (χ1) is 25.7. The molecule has 0 bridgehead atoms. The minimum Gasteiger partial charge on any atom is -0.506 e. The van der Waals surface area contributed by atoms with Crippen LogP contribution in [0.2, 0.25) is 0 Å². The summed E-state index contributed by atoms with van der Waals surface area (Å²) in [5.74, 6) is 0.0760. The number of allylic oxidation sites excluding steroid dienone is 5. The maximum atomic E-state index is 14.1. The second kappa shape index (κ2) is 18.0. The van der Waals surface area contributed by atoms with Crippen LogP contribution in [0.3, 0.4) is 0 Å². The topological polar surface area (TPSA) is 43.5 Å². The van der Waals surface area contributed by atoms with Gasteiger partial charge in [0.05, 0.1) is 16.6 Å². The minimum absolute atomic E-state index is 0.0406. The number of rotatable bonds is 20. The van der Waals surface area contributed by atoms with Crippen molar-refractivity contribution in [1.82, 2.24) is 0 Å². The Hall–Kier alpha value is -3.40. The van der Waals surface area contributed by atoms with Gasteiger partial charge in [0, 0.05) is 47.5 Å². The Morgan fingerprint density at radius 2 is 1.28 bits per heavy atom. The summed E-state index contributed by atoms with van der Waals surface area (Å²) >= 11 is 0. The number of para-hydroxylation sites is 1. The summed E-state index contributed by atoms with van der Waals surface area (Å²) < 4.78 is 2.43. The van der Waals surface area contributed by atoms with Crippen LogP contribution in [0.1, 0.15) is 182 Å². The number of benzene rings is 2. The van der Waals surface area contributed by atoms with Gasteiger partial charge < -0.3 is 10.0 Å². The average molecular weight is 734 g/mol.